The number of unbranched alkanes of at least 4 members (excludes halogenated alkanes) is 3. The minimum absolute atomic E-state index is 0.0631. The Balaban J connectivity index is 2.55. The van der Waals surface area contributed by atoms with Gasteiger partial charge in [0.2, 0.25) is 0 Å². The Labute approximate surface area is 96.7 Å². The zero-order valence-corrected chi connectivity index (χ0v) is 10.1. The molecule has 0 heterocycles. The van der Waals surface area contributed by atoms with Crippen LogP contribution in [0.4, 0.5) is 4.39 Å². The van der Waals surface area contributed by atoms with Crippen LogP contribution < -0.4 is 0 Å². The molecule has 0 aliphatic rings. The molecular weight excluding hydrogens is 203 g/mol. The summed E-state index contributed by atoms with van der Waals surface area (Å²) in [6.45, 7) is 3.98. The Morgan fingerprint density at radius 1 is 1.25 bits per heavy atom. The van der Waals surface area contributed by atoms with Gasteiger partial charge in [0.15, 0.2) is 5.78 Å². The lowest BCUT2D eigenvalue weighted by molar-refractivity contribution is 0.0978. The van der Waals surface area contributed by atoms with Crippen molar-refractivity contribution in [3.05, 3.63) is 35.1 Å². The fourth-order valence-corrected chi connectivity index (χ4v) is 1.74. The first-order valence-corrected chi connectivity index (χ1v) is 5.94. The van der Waals surface area contributed by atoms with Gasteiger partial charge < -0.3 is 0 Å². The summed E-state index contributed by atoms with van der Waals surface area (Å²) in [6.07, 6.45) is 4.84. The highest BCUT2D eigenvalue weighted by molar-refractivity contribution is 5.97. The average molecular weight is 222 g/mol. The summed E-state index contributed by atoms with van der Waals surface area (Å²) in [5.74, 6) is -0.268. The number of Topliss-reactive ketones (excluding diaryl/α,β-unsaturated/α-hetero) is 1. The van der Waals surface area contributed by atoms with E-state index in [9.17, 15) is 9.18 Å². The van der Waals surface area contributed by atoms with Crippen molar-refractivity contribution in [2.75, 3.05) is 0 Å². The zero-order chi connectivity index (χ0) is 12.0. The Bertz CT molecular complexity index is 358. The summed E-state index contributed by atoms with van der Waals surface area (Å²) in [5.41, 5.74) is 1.40. The van der Waals surface area contributed by atoms with Crippen molar-refractivity contribution in [3.63, 3.8) is 0 Å². The maximum absolute atomic E-state index is 13.0. The Morgan fingerprint density at radius 3 is 2.69 bits per heavy atom. The van der Waals surface area contributed by atoms with Crippen molar-refractivity contribution in [1.82, 2.24) is 0 Å². The van der Waals surface area contributed by atoms with Crippen molar-refractivity contribution in [3.8, 4) is 0 Å². The third kappa shape index (κ3) is 3.76. The molecule has 0 radical (unpaired) electrons. The molecule has 0 spiro atoms. The highest BCUT2D eigenvalue weighted by Crippen LogP contribution is 2.14. The molecule has 1 rings (SSSR count). The van der Waals surface area contributed by atoms with E-state index in [1.807, 2.05) is 6.92 Å². The van der Waals surface area contributed by atoms with Gasteiger partial charge in [0.25, 0.3) is 0 Å². The van der Waals surface area contributed by atoms with E-state index in [1.54, 1.807) is 6.07 Å². The van der Waals surface area contributed by atoms with Crippen LogP contribution >= 0.6 is 0 Å². The van der Waals surface area contributed by atoms with Crippen LogP contribution in [0.3, 0.4) is 0 Å². The molecule has 0 amide bonds. The van der Waals surface area contributed by atoms with Crippen molar-refractivity contribution < 1.29 is 9.18 Å². The van der Waals surface area contributed by atoms with E-state index in [0.29, 0.717) is 12.0 Å². The second-order valence-corrected chi connectivity index (χ2v) is 4.19. The van der Waals surface area contributed by atoms with Gasteiger partial charge in [0, 0.05) is 12.0 Å². The summed E-state index contributed by atoms with van der Waals surface area (Å²) in [4.78, 5) is 11.8. The lowest BCUT2D eigenvalue weighted by Gasteiger charge is -2.04. The quantitative estimate of drug-likeness (QED) is 0.518. The number of hydrogen-bond acceptors (Lipinski definition) is 1. The summed E-state index contributed by atoms with van der Waals surface area (Å²) < 4.78 is 13.0. The smallest absolute Gasteiger partial charge is 0.163 e. The van der Waals surface area contributed by atoms with Crippen molar-refractivity contribution in [2.24, 2.45) is 0 Å². The zero-order valence-electron chi connectivity index (χ0n) is 10.1. The van der Waals surface area contributed by atoms with Crippen molar-refractivity contribution in [1.29, 1.82) is 0 Å². The number of hydrogen-bond donors (Lipinski definition) is 0. The molecule has 16 heavy (non-hydrogen) atoms. The first kappa shape index (κ1) is 12.9. The van der Waals surface area contributed by atoms with Crippen LogP contribution in [0.5, 0.6) is 0 Å². The van der Waals surface area contributed by atoms with Gasteiger partial charge in [-0.15, -0.1) is 0 Å². The number of carbonyl (C=O) groups excluding carboxylic acids is 1. The number of benzene rings is 1. The molecule has 0 aliphatic heterocycles. The Kier molecular flexibility index (Phi) is 5.17. The molecule has 1 aromatic carbocycles. The van der Waals surface area contributed by atoms with E-state index in [2.05, 4.69) is 6.92 Å². The maximum atomic E-state index is 13.0. The lowest BCUT2D eigenvalue weighted by Crippen LogP contribution is -2.02. The van der Waals surface area contributed by atoms with Crippen LogP contribution in [-0.2, 0) is 0 Å². The monoisotopic (exact) mass is 222 g/mol. The van der Waals surface area contributed by atoms with Gasteiger partial charge in [0.05, 0.1) is 0 Å². The summed E-state index contributed by atoms with van der Waals surface area (Å²) in [6, 6.07) is 4.40. The average Bonchev–Trinajstić information content (AvgIpc) is 2.27. The van der Waals surface area contributed by atoms with Crippen LogP contribution in [0, 0.1) is 12.7 Å². The molecule has 88 valence electrons. The third-order valence-electron chi connectivity index (χ3n) is 2.76. The minimum Gasteiger partial charge on any atom is -0.294 e. The molecule has 0 N–H and O–H groups in total. The van der Waals surface area contributed by atoms with Crippen LogP contribution in [-0.4, -0.2) is 5.78 Å². The van der Waals surface area contributed by atoms with Gasteiger partial charge >= 0.3 is 0 Å². The molecule has 0 aliphatic carbocycles. The number of rotatable bonds is 6. The van der Waals surface area contributed by atoms with Gasteiger partial charge in [-0.2, -0.15) is 0 Å². The Hall–Kier alpha value is -1.18. The molecule has 0 fully saturated rings. The summed E-state index contributed by atoms with van der Waals surface area (Å²) >= 11 is 0. The second-order valence-electron chi connectivity index (χ2n) is 4.19. The topological polar surface area (TPSA) is 17.1 Å². The number of carbonyl (C=O) groups is 1. The van der Waals surface area contributed by atoms with E-state index < -0.39 is 0 Å². The van der Waals surface area contributed by atoms with Crippen LogP contribution in [0.25, 0.3) is 0 Å². The maximum Gasteiger partial charge on any atom is 0.163 e. The molecule has 0 saturated carbocycles. The standard InChI is InChI=1S/C14H19FO/c1-3-4-5-6-7-14(16)13-10-12(15)9-8-11(13)2/h8-10H,3-7H2,1-2H3. The van der Waals surface area contributed by atoms with E-state index in [1.165, 1.54) is 12.1 Å². The summed E-state index contributed by atoms with van der Waals surface area (Å²) in [7, 11) is 0. The fourth-order valence-electron chi connectivity index (χ4n) is 1.74. The molecule has 0 atom stereocenters. The lowest BCUT2D eigenvalue weighted by atomic mass is 10.00. The molecule has 0 saturated heterocycles. The SMILES string of the molecule is CCCCCCC(=O)c1cc(F)ccc1C. The predicted molar refractivity (Wildman–Crippen MR) is 64.2 cm³/mol. The molecule has 1 aromatic rings. The summed E-state index contributed by atoms with van der Waals surface area (Å²) in [5, 5.41) is 0. The molecule has 0 aromatic heterocycles. The second kappa shape index (κ2) is 6.41. The molecule has 0 unspecified atom stereocenters. The van der Waals surface area contributed by atoms with Crippen LogP contribution in [0.15, 0.2) is 18.2 Å². The van der Waals surface area contributed by atoms with Crippen LogP contribution in [0.2, 0.25) is 0 Å². The predicted octanol–water partition coefficient (Wildman–Crippen LogP) is 4.29. The fraction of sp³-hybridized carbons (Fsp3) is 0.500. The van der Waals surface area contributed by atoms with E-state index in [4.69, 9.17) is 0 Å². The highest BCUT2D eigenvalue weighted by atomic mass is 19.1. The largest absolute Gasteiger partial charge is 0.294 e. The van der Waals surface area contributed by atoms with Gasteiger partial charge in [0.1, 0.15) is 5.82 Å². The highest BCUT2D eigenvalue weighted by Gasteiger charge is 2.09. The van der Waals surface area contributed by atoms with E-state index in [-0.39, 0.29) is 11.6 Å². The minimum atomic E-state index is -0.331. The van der Waals surface area contributed by atoms with Gasteiger partial charge in [-0.1, -0.05) is 32.3 Å². The Morgan fingerprint density at radius 2 is 2.00 bits per heavy atom. The molecule has 0 bridgehead atoms. The first-order valence-electron chi connectivity index (χ1n) is 5.94. The number of ketones is 1. The normalized spacial score (nSPS) is 10.4. The van der Waals surface area contributed by atoms with E-state index >= 15 is 0 Å². The molecule has 2 heteroatoms. The number of aryl methyl sites for hydroxylation is 1. The van der Waals surface area contributed by atoms with E-state index in [0.717, 1.165) is 31.2 Å². The first-order chi connectivity index (χ1) is 7.65. The van der Waals surface area contributed by atoms with Crippen molar-refractivity contribution in [2.45, 2.75) is 46.0 Å². The van der Waals surface area contributed by atoms with Gasteiger partial charge in [-0.05, 0) is 31.0 Å². The van der Waals surface area contributed by atoms with Crippen molar-refractivity contribution >= 4 is 5.78 Å². The van der Waals surface area contributed by atoms with Gasteiger partial charge in [-0.3, -0.25) is 4.79 Å². The van der Waals surface area contributed by atoms with Crippen LogP contribution in [0.1, 0.15) is 54.9 Å². The molecule has 1 nitrogen and oxygen atoms in total. The third-order valence-corrected chi connectivity index (χ3v) is 2.76. The number of halogens is 1. The van der Waals surface area contributed by atoms with Gasteiger partial charge in [-0.25, -0.2) is 4.39 Å². The molecular formula is C14H19FO.